The summed E-state index contributed by atoms with van der Waals surface area (Å²) in [5.41, 5.74) is 13.9. The van der Waals surface area contributed by atoms with E-state index in [1.807, 2.05) is 88.5 Å². The maximum atomic E-state index is 13.4. The van der Waals surface area contributed by atoms with Crippen LogP contribution in [0.3, 0.4) is 0 Å². The van der Waals surface area contributed by atoms with Crippen LogP contribution in [0.4, 0.5) is 31.1 Å². The van der Waals surface area contributed by atoms with E-state index in [9.17, 15) is 18.4 Å². The number of aliphatic imine (C=N–C) groups is 1. The molecule has 0 spiro atoms. The number of carbonyl (C=O) groups is 2. The van der Waals surface area contributed by atoms with E-state index in [1.54, 1.807) is 12.1 Å². The summed E-state index contributed by atoms with van der Waals surface area (Å²) < 4.78 is 37.1. The largest absolute Gasteiger partial charge is 0.492 e. The summed E-state index contributed by atoms with van der Waals surface area (Å²) >= 11 is 10.7. The number of Topliss-reactive ketones (excluding diaryl/α,β-unsaturated/α-hetero) is 1. The molecule has 5 aromatic rings. The predicted molar refractivity (Wildman–Crippen MR) is 269 cm³/mol. The lowest BCUT2D eigenvalue weighted by atomic mass is 10.1. The van der Waals surface area contributed by atoms with Gasteiger partial charge in [0.1, 0.15) is 47.0 Å². The van der Waals surface area contributed by atoms with Gasteiger partial charge in [-0.25, -0.2) is 13.8 Å². The number of nitrogen functional groups attached to an aromatic ring is 1. The monoisotopic (exact) mass is 992 g/mol. The molecule has 6 N–H and O–H groups in total. The minimum absolute atomic E-state index is 0. The molecule has 0 aliphatic carbocycles. The Hall–Kier alpha value is -4.55. The van der Waals surface area contributed by atoms with Crippen molar-refractivity contribution in [2.75, 3.05) is 81.9 Å². The van der Waals surface area contributed by atoms with Crippen LogP contribution < -0.4 is 31.6 Å². The first kappa shape index (κ1) is 55.5. The van der Waals surface area contributed by atoms with E-state index in [2.05, 4.69) is 41.4 Å². The zero-order valence-corrected chi connectivity index (χ0v) is 40.1. The number of thiocarbonyl (C=S) groups is 1. The number of amidine groups is 1. The standard InChI is InChI=1S/C20H21FN4O2S.C14H22N4OS2.C8H6BrFO.CH4.H3P/c1-25(2)10-11-27-16-8-6-15(7-9-16)23-20-24-19(22)18(28-20)17(26)13-4-3-5-14(21)12-13;1-4-21-13(15)17-14(20)16-11-5-7-12(8-6-11)19-10-9-18(2)3;9-5-8(11)6-2-1-3-7(10)4-6;;/h3-9,12H,10-11,22H2,1-2H3,(H,23,24);5-8H,4,9-10H2,1-3H3,(H3,15,16,17,20);1-4H,5H2;1H4;1H3. The number of ketones is 2. The van der Waals surface area contributed by atoms with Gasteiger partial charge in [0.15, 0.2) is 21.2 Å². The summed E-state index contributed by atoms with van der Waals surface area (Å²) in [5.74, 6) is 1.28. The van der Waals surface area contributed by atoms with Gasteiger partial charge in [0.2, 0.25) is 5.78 Å². The van der Waals surface area contributed by atoms with Gasteiger partial charge in [0.25, 0.3) is 0 Å². The minimum Gasteiger partial charge on any atom is -0.492 e. The van der Waals surface area contributed by atoms with Crippen LogP contribution >= 0.6 is 61.1 Å². The van der Waals surface area contributed by atoms with E-state index < -0.39 is 5.82 Å². The van der Waals surface area contributed by atoms with Gasteiger partial charge in [0, 0.05) is 35.6 Å². The molecule has 1 unspecified atom stereocenters. The lowest BCUT2D eigenvalue weighted by Gasteiger charge is -2.11. The number of nitrogens with zero attached hydrogens (tertiary/aromatic N) is 4. The van der Waals surface area contributed by atoms with Crippen molar-refractivity contribution in [1.82, 2.24) is 14.8 Å². The van der Waals surface area contributed by atoms with Gasteiger partial charge in [-0.3, -0.25) is 9.59 Å². The first-order valence-electron chi connectivity index (χ1n) is 18.4. The molecule has 19 heteroatoms. The minimum atomic E-state index is -0.472. The van der Waals surface area contributed by atoms with Gasteiger partial charge < -0.3 is 41.4 Å². The van der Waals surface area contributed by atoms with Crippen molar-refractivity contribution in [3.63, 3.8) is 0 Å². The zero-order valence-electron chi connectivity index (χ0n) is 34.6. The molecular weight excluding hydrogens is 938 g/mol. The van der Waals surface area contributed by atoms with E-state index in [-0.39, 0.29) is 56.3 Å². The highest BCUT2D eigenvalue weighted by molar-refractivity contribution is 9.09. The summed E-state index contributed by atoms with van der Waals surface area (Å²) in [7, 11) is 8.01. The predicted octanol–water partition coefficient (Wildman–Crippen LogP) is 9.27. The van der Waals surface area contributed by atoms with Crippen molar-refractivity contribution in [1.29, 1.82) is 0 Å². The lowest BCUT2D eigenvalue weighted by Crippen LogP contribution is -2.19. The molecule has 0 aliphatic rings. The van der Waals surface area contributed by atoms with Crippen molar-refractivity contribution < 1.29 is 27.8 Å². The Morgan fingerprint density at radius 2 is 1.35 bits per heavy atom. The van der Waals surface area contributed by atoms with Crippen molar-refractivity contribution in [2.24, 2.45) is 10.7 Å². The van der Waals surface area contributed by atoms with Crippen molar-refractivity contribution in [3.8, 4) is 11.5 Å². The molecule has 336 valence electrons. The summed E-state index contributed by atoms with van der Waals surface area (Å²) in [6.45, 7) is 4.99. The number of thiazole rings is 1. The number of nitrogens with one attached hydrogen (secondary N) is 2. The molecule has 0 saturated heterocycles. The zero-order chi connectivity index (χ0) is 44.0. The quantitative estimate of drug-likeness (QED) is 0.0185. The number of likely N-dealkylation sites (N-methyl/N-ethyl adjacent to an activating group) is 2. The molecule has 0 radical (unpaired) electrons. The number of alkyl halides is 1. The molecular formula is C43H56BrF2N8O4PS3. The molecule has 0 aliphatic heterocycles. The van der Waals surface area contributed by atoms with Crippen LogP contribution in [0, 0.1) is 11.6 Å². The van der Waals surface area contributed by atoms with Crippen molar-refractivity contribution in [3.05, 3.63) is 125 Å². The Labute approximate surface area is 389 Å². The van der Waals surface area contributed by atoms with E-state index in [4.69, 9.17) is 33.2 Å². The second kappa shape index (κ2) is 29.7. The number of halogens is 3. The van der Waals surface area contributed by atoms with E-state index in [1.165, 1.54) is 48.2 Å². The average Bonchev–Trinajstić information content (AvgIpc) is 3.58. The fourth-order valence-electron chi connectivity index (χ4n) is 4.56. The van der Waals surface area contributed by atoms with Gasteiger partial charge in [0.05, 0.1) is 5.33 Å². The van der Waals surface area contributed by atoms with Crippen LogP contribution in [0.5, 0.6) is 11.5 Å². The summed E-state index contributed by atoms with van der Waals surface area (Å²) in [4.78, 5) is 36.2. The van der Waals surface area contributed by atoms with Crippen molar-refractivity contribution in [2.45, 2.75) is 14.4 Å². The molecule has 1 heterocycles. The van der Waals surface area contributed by atoms with Crippen LogP contribution in [0.2, 0.25) is 0 Å². The summed E-state index contributed by atoms with van der Waals surface area (Å²) in [6.07, 6.45) is 0. The summed E-state index contributed by atoms with van der Waals surface area (Å²) in [5, 5.41) is 7.69. The topological polar surface area (TPSA) is 160 Å². The number of hydrogen-bond acceptors (Lipinski definition) is 12. The van der Waals surface area contributed by atoms with Gasteiger partial charge >= 0.3 is 0 Å². The third kappa shape index (κ3) is 21.0. The molecule has 4 aromatic carbocycles. The Morgan fingerprint density at radius 1 is 0.855 bits per heavy atom. The van der Waals surface area contributed by atoms with E-state index in [0.717, 1.165) is 53.1 Å². The van der Waals surface area contributed by atoms with E-state index in [0.29, 0.717) is 34.2 Å². The first-order chi connectivity index (χ1) is 28.7. The van der Waals surface area contributed by atoms with E-state index >= 15 is 0 Å². The highest BCUT2D eigenvalue weighted by Gasteiger charge is 2.18. The number of hydrogen-bond donors (Lipinski definition) is 4. The molecule has 1 aromatic heterocycles. The molecule has 1 atom stereocenters. The van der Waals surface area contributed by atoms with Gasteiger partial charge in [-0.2, -0.15) is 14.9 Å². The highest BCUT2D eigenvalue weighted by Crippen LogP contribution is 2.30. The fraction of sp³-hybridized carbons (Fsp3) is 0.279. The number of thioether (sulfide) groups is 1. The Bertz CT molecular complexity index is 2170. The third-order valence-electron chi connectivity index (χ3n) is 7.54. The normalized spacial score (nSPS) is 10.5. The number of ether oxygens (including phenoxy) is 2. The summed E-state index contributed by atoms with van der Waals surface area (Å²) in [6, 6.07) is 26.2. The number of aromatic nitrogens is 1. The van der Waals surface area contributed by atoms with Crippen LogP contribution in [-0.2, 0) is 0 Å². The Morgan fingerprint density at radius 3 is 1.84 bits per heavy atom. The number of benzene rings is 4. The SMILES string of the molecule is C.CCSC(N)=NC(=S)Nc1ccc(OCCN(C)C)cc1.CN(C)CCOc1ccc(Nc2nc(N)c(C(=O)c3cccc(F)c3)s2)cc1.O=C(CBr)c1cccc(F)c1.P. The maximum absolute atomic E-state index is 13.4. The molecule has 5 rings (SSSR count). The van der Waals surface area contributed by atoms with Gasteiger partial charge in [-0.1, -0.05) is 77.6 Å². The molecule has 0 amide bonds. The second-order valence-electron chi connectivity index (χ2n) is 12.9. The number of anilines is 4. The average molecular weight is 994 g/mol. The smallest absolute Gasteiger partial charge is 0.206 e. The molecule has 12 nitrogen and oxygen atoms in total. The first-order valence-corrected chi connectivity index (χ1v) is 21.7. The second-order valence-corrected chi connectivity index (χ2v) is 16.2. The number of nitrogens with two attached hydrogens (primary N) is 2. The third-order valence-corrected chi connectivity index (χ3v) is 9.91. The molecule has 0 fully saturated rings. The molecule has 62 heavy (non-hydrogen) atoms. The number of rotatable bonds is 16. The van der Waals surface area contributed by atoms with Crippen LogP contribution in [0.25, 0.3) is 0 Å². The maximum Gasteiger partial charge on any atom is 0.206 e. The Kier molecular flexibility index (Phi) is 26.6. The van der Waals surface area contributed by atoms with Crippen LogP contribution in [0.1, 0.15) is 39.9 Å². The van der Waals surface area contributed by atoms with Crippen molar-refractivity contribution >= 4 is 105 Å². The molecule has 0 saturated carbocycles. The fourth-order valence-corrected chi connectivity index (χ4v) is 6.48. The van der Waals surface area contributed by atoms with Crippen LogP contribution in [-0.4, -0.2) is 102 Å². The number of carbonyl (C=O) groups excluding carboxylic acids is 2. The van der Waals surface area contributed by atoms with Gasteiger partial charge in [-0.15, -0.1) is 0 Å². The highest BCUT2D eigenvalue weighted by atomic mass is 79.9. The Balaban J connectivity index is 0.000000499. The lowest BCUT2D eigenvalue weighted by molar-refractivity contribution is 0.102. The van der Waals surface area contributed by atoms with Crippen LogP contribution in [0.15, 0.2) is 102 Å². The molecule has 0 bridgehead atoms. The van der Waals surface area contributed by atoms with Gasteiger partial charge in [-0.05, 0) is 119 Å².